The van der Waals surface area contributed by atoms with E-state index in [0.717, 1.165) is 26.2 Å². The van der Waals surface area contributed by atoms with Gasteiger partial charge in [-0.3, -0.25) is 4.90 Å². The second-order valence-corrected chi connectivity index (χ2v) is 5.13. The van der Waals surface area contributed by atoms with Crippen molar-refractivity contribution in [3.8, 4) is 0 Å². The Balaban J connectivity index is 2.10. The molecule has 84 valence electrons. The highest BCUT2D eigenvalue weighted by atomic mass is 16.3. The molecule has 0 aromatic rings. The molecule has 1 N–H and O–H groups in total. The fraction of sp³-hybridized carbons (Fsp3) is 1.00. The normalized spacial score (nSPS) is 21.6. The first-order valence-corrected chi connectivity index (χ1v) is 5.53. The second-order valence-electron chi connectivity index (χ2n) is 5.13. The van der Waals surface area contributed by atoms with Crippen molar-refractivity contribution in [1.82, 2.24) is 9.80 Å². The Hall–Kier alpha value is -0.120. The molecular weight excluding hydrogens is 176 g/mol. The zero-order chi connectivity index (χ0) is 10.8. The van der Waals surface area contributed by atoms with Crippen LogP contribution in [0.25, 0.3) is 0 Å². The van der Waals surface area contributed by atoms with Gasteiger partial charge >= 0.3 is 0 Å². The van der Waals surface area contributed by atoms with Crippen molar-refractivity contribution in [2.24, 2.45) is 5.92 Å². The average molecular weight is 200 g/mol. The van der Waals surface area contributed by atoms with Gasteiger partial charge in [0, 0.05) is 13.1 Å². The Bertz CT molecular complexity index is 174. The number of nitrogens with zero attached hydrogens (tertiary/aromatic N) is 2. The third kappa shape index (κ3) is 2.94. The van der Waals surface area contributed by atoms with Crippen LogP contribution in [0.2, 0.25) is 0 Å². The van der Waals surface area contributed by atoms with E-state index in [4.69, 9.17) is 0 Å². The summed E-state index contributed by atoms with van der Waals surface area (Å²) in [6.07, 6.45) is 1.20. The zero-order valence-corrected chi connectivity index (χ0v) is 9.95. The quantitative estimate of drug-likeness (QED) is 0.705. The van der Waals surface area contributed by atoms with Gasteiger partial charge in [0.1, 0.15) is 0 Å². The van der Waals surface area contributed by atoms with Crippen LogP contribution in [-0.2, 0) is 0 Å². The van der Waals surface area contributed by atoms with E-state index in [-0.39, 0.29) is 0 Å². The molecule has 0 aromatic heterocycles. The molecule has 1 saturated heterocycles. The average Bonchev–Trinajstić information content (AvgIpc) is 1.99. The summed E-state index contributed by atoms with van der Waals surface area (Å²) in [6.45, 7) is 8.16. The summed E-state index contributed by atoms with van der Waals surface area (Å²) >= 11 is 0. The number of likely N-dealkylation sites (tertiary alicyclic amines) is 1. The predicted molar refractivity (Wildman–Crippen MR) is 59.4 cm³/mol. The molecule has 1 fully saturated rings. The molecule has 0 spiro atoms. The summed E-state index contributed by atoms with van der Waals surface area (Å²) in [7, 11) is 4.20. The van der Waals surface area contributed by atoms with Gasteiger partial charge in [0.2, 0.25) is 0 Å². The van der Waals surface area contributed by atoms with Gasteiger partial charge in [-0.25, -0.2) is 0 Å². The largest absolute Gasteiger partial charge is 0.387 e. The van der Waals surface area contributed by atoms with E-state index in [9.17, 15) is 5.11 Å². The van der Waals surface area contributed by atoms with Gasteiger partial charge in [0.25, 0.3) is 0 Å². The minimum Gasteiger partial charge on any atom is -0.387 e. The first kappa shape index (κ1) is 12.0. The molecule has 3 heteroatoms. The van der Waals surface area contributed by atoms with Gasteiger partial charge in [-0.15, -0.1) is 0 Å². The van der Waals surface area contributed by atoms with Crippen LogP contribution < -0.4 is 0 Å². The van der Waals surface area contributed by atoms with Crippen LogP contribution in [-0.4, -0.2) is 60.8 Å². The molecule has 1 aliphatic heterocycles. The maximum atomic E-state index is 10.0. The number of hydrogen-bond donors (Lipinski definition) is 1. The van der Waals surface area contributed by atoms with Crippen molar-refractivity contribution in [3.63, 3.8) is 0 Å². The highest BCUT2D eigenvalue weighted by Gasteiger charge is 2.42. The maximum Gasteiger partial charge on any atom is 0.0922 e. The highest BCUT2D eigenvalue weighted by Crippen LogP contribution is 2.28. The molecule has 0 amide bonds. The third-order valence-corrected chi connectivity index (χ3v) is 3.15. The van der Waals surface area contributed by atoms with Crippen LogP contribution in [0.1, 0.15) is 20.3 Å². The van der Waals surface area contributed by atoms with Crippen LogP contribution >= 0.6 is 0 Å². The molecule has 0 radical (unpaired) electrons. The topological polar surface area (TPSA) is 26.7 Å². The van der Waals surface area contributed by atoms with E-state index in [1.165, 1.54) is 6.42 Å². The first-order valence-electron chi connectivity index (χ1n) is 5.53. The summed E-state index contributed by atoms with van der Waals surface area (Å²) in [5.41, 5.74) is -0.405. The summed E-state index contributed by atoms with van der Waals surface area (Å²) in [4.78, 5) is 4.54. The Morgan fingerprint density at radius 3 is 2.36 bits per heavy atom. The van der Waals surface area contributed by atoms with Gasteiger partial charge in [-0.1, -0.05) is 13.8 Å². The molecule has 0 atom stereocenters. The summed E-state index contributed by atoms with van der Waals surface area (Å²) in [5, 5.41) is 10.0. The summed E-state index contributed by atoms with van der Waals surface area (Å²) in [6, 6.07) is 0. The lowest BCUT2D eigenvalue weighted by molar-refractivity contribution is -0.127. The zero-order valence-electron chi connectivity index (χ0n) is 9.95. The minimum atomic E-state index is -0.405. The number of aliphatic hydroxyl groups is 1. The Labute approximate surface area is 87.7 Å². The van der Waals surface area contributed by atoms with Crippen molar-refractivity contribution >= 4 is 0 Å². The van der Waals surface area contributed by atoms with Crippen molar-refractivity contribution in [3.05, 3.63) is 0 Å². The number of hydrogen-bond acceptors (Lipinski definition) is 3. The Kier molecular flexibility index (Phi) is 3.93. The Morgan fingerprint density at radius 1 is 1.36 bits per heavy atom. The molecule has 1 aliphatic rings. The van der Waals surface area contributed by atoms with E-state index in [1.54, 1.807) is 0 Å². The molecule has 0 unspecified atom stereocenters. The van der Waals surface area contributed by atoms with Crippen LogP contribution in [0.5, 0.6) is 0 Å². The maximum absolute atomic E-state index is 10.0. The molecule has 0 aliphatic carbocycles. The minimum absolute atomic E-state index is 0.382. The SMILES string of the molecule is CC(C)C1(O)CN(CCCN(C)C)C1. The fourth-order valence-corrected chi connectivity index (χ4v) is 1.86. The molecule has 0 saturated carbocycles. The third-order valence-electron chi connectivity index (χ3n) is 3.15. The summed E-state index contributed by atoms with van der Waals surface area (Å²) < 4.78 is 0. The second kappa shape index (κ2) is 4.60. The molecule has 1 heterocycles. The van der Waals surface area contributed by atoms with Crippen molar-refractivity contribution < 1.29 is 5.11 Å². The van der Waals surface area contributed by atoms with Crippen molar-refractivity contribution in [2.75, 3.05) is 40.3 Å². The van der Waals surface area contributed by atoms with Crippen LogP contribution in [0.3, 0.4) is 0 Å². The van der Waals surface area contributed by atoms with E-state index in [2.05, 4.69) is 37.7 Å². The van der Waals surface area contributed by atoms with Gasteiger partial charge in [0.05, 0.1) is 5.60 Å². The monoisotopic (exact) mass is 200 g/mol. The molecule has 1 rings (SSSR count). The van der Waals surface area contributed by atoms with Crippen molar-refractivity contribution in [1.29, 1.82) is 0 Å². The van der Waals surface area contributed by atoms with Gasteiger partial charge < -0.3 is 10.0 Å². The fourth-order valence-electron chi connectivity index (χ4n) is 1.86. The van der Waals surface area contributed by atoms with Gasteiger partial charge in [-0.05, 0) is 39.5 Å². The standard InChI is InChI=1S/C11H24N2O/c1-10(2)11(14)8-13(9-11)7-5-6-12(3)4/h10,14H,5-9H2,1-4H3. The summed E-state index contributed by atoms with van der Waals surface area (Å²) in [5.74, 6) is 0.382. The number of β-amino-alcohol motifs (C(OH)–C–C–N with tert-alkyl or cyclic N) is 1. The lowest BCUT2D eigenvalue weighted by Crippen LogP contribution is -2.64. The van der Waals surface area contributed by atoms with Crippen LogP contribution in [0, 0.1) is 5.92 Å². The molecular formula is C11H24N2O. The van der Waals surface area contributed by atoms with E-state index < -0.39 is 5.60 Å². The molecule has 0 bridgehead atoms. The molecule has 14 heavy (non-hydrogen) atoms. The number of rotatable bonds is 5. The smallest absolute Gasteiger partial charge is 0.0922 e. The lowest BCUT2D eigenvalue weighted by Gasteiger charge is -2.49. The van der Waals surface area contributed by atoms with Gasteiger partial charge in [0.15, 0.2) is 0 Å². The Morgan fingerprint density at radius 2 is 1.93 bits per heavy atom. The van der Waals surface area contributed by atoms with Crippen LogP contribution in [0.4, 0.5) is 0 Å². The molecule has 0 aromatic carbocycles. The predicted octanol–water partition coefficient (Wildman–Crippen LogP) is 0.641. The van der Waals surface area contributed by atoms with E-state index in [1.807, 2.05) is 0 Å². The first-order chi connectivity index (χ1) is 6.44. The van der Waals surface area contributed by atoms with Gasteiger partial charge in [-0.2, -0.15) is 0 Å². The lowest BCUT2D eigenvalue weighted by atomic mass is 9.83. The van der Waals surface area contributed by atoms with E-state index >= 15 is 0 Å². The highest BCUT2D eigenvalue weighted by molar-refractivity contribution is 4.97. The molecule has 3 nitrogen and oxygen atoms in total. The van der Waals surface area contributed by atoms with E-state index in [0.29, 0.717) is 5.92 Å². The van der Waals surface area contributed by atoms with Crippen LogP contribution in [0.15, 0.2) is 0 Å². The van der Waals surface area contributed by atoms with Crippen molar-refractivity contribution in [2.45, 2.75) is 25.9 Å².